The summed E-state index contributed by atoms with van der Waals surface area (Å²) in [6, 6.07) is 7.42. The van der Waals surface area contributed by atoms with Gasteiger partial charge < -0.3 is 14.7 Å². The van der Waals surface area contributed by atoms with Crippen LogP contribution in [0, 0.1) is 0 Å². The predicted molar refractivity (Wildman–Crippen MR) is 67.0 cm³/mol. The lowest BCUT2D eigenvalue weighted by molar-refractivity contribution is 0.101. The second-order valence-corrected chi connectivity index (χ2v) is 3.67. The number of ether oxygens (including phenoxy) is 2. The van der Waals surface area contributed by atoms with Gasteiger partial charge in [-0.25, -0.2) is 0 Å². The summed E-state index contributed by atoms with van der Waals surface area (Å²) in [4.78, 5) is 0. The van der Waals surface area contributed by atoms with E-state index in [-0.39, 0.29) is 0 Å². The molecule has 0 unspecified atom stereocenters. The lowest BCUT2D eigenvalue weighted by atomic mass is 10.1. The van der Waals surface area contributed by atoms with E-state index in [1.54, 1.807) is 6.92 Å². The van der Waals surface area contributed by atoms with Crippen LogP contribution in [0.1, 0.15) is 25.8 Å². The van der Waals surface area contributed by atoms with Gasteiger partial charge in [0, 0.05) is 6.61 Å². The minimum atomic E-state index is 0.548. The fourth-order valence-corrected chi connectivity index (χ4v) is 1.31. The molecule has 0 atom stereocenters. The average molecular weight is 237 g/mol. The van der Waals surface area contributed by atoms with E-state index in [1.165, 1.54) is 0 Å². The first-order valence-corrected chi connectivity index (χ1v) is 5.77. The molecule has 1 rings (SSSR count). The number of oxime groups is 1. The molecule has 4 heteroatoms. The third kappa shape index (κ3) is 4.87. The predicted octanol–water partition coefficient (Wildman–Crippen LogP) is 2.69. The van der Waals surface area contributed by atoms with Gasteiger partial charge >= 0.3 is 0 Å². The van der Waals surface area contributed by atoms with E-state index >= 15 is 0 Å². The van der Waals surface area contributed by atoms with E-state index in [2.05, 4.69) is 12.1 Å². The lowest BCUT2D eigenvalue weighted by Crippen LogP contribution is -2.07. The van der Waals surface area contributed by atoms with Crippen LogP contribution in [0.3, 0.4) is 0 Å². The SMILES string of the molecule is CCCOCCOc1ccc(/C(C)=N/O)cc1. The maximum absolute atomic E-state index is 8.62. The van der Waals surface area contributed by atoms with Crippen molar-refractivity contribution in [2.24, 2.45) is 5.16 Å². The summed E-state index contributed by atoms with van der Waals surface area (Å²) in [5, 5.41) is 11.8. The van der Waals surface area contributed by atoms with Crippen LogP contribution in [0.5, 0.6) is 5.75 Å². The molecular formula is C13H19NO3. The van der Waals surface area contributed by atoms with E-state index in [0.29, 0.717) is 18.9 Å². The number of rotatable bonds is 7. The van der Waals surface area contributed by atoms with Gasteiger partial charge in [0.1, 0.15) is 12.4 Å². The molecular weight excluding hydrogens is 218 g/mol. The van der Waals surface area contributed by atoms with Crippen molar-refractivity contribution in [3.63, 3.8) is 0 Å². The van der Waals surface area contributed by atoms with Gasteiger partial charge in [-0.05, 0) is 43.2 Å². The molecule has 1 N–H and O–H groups in total. The van der Waals surface area contributed by atoms with E-state index in [0.717, 1.165) is 24.3 Å². The molecule has 1 aromatic carbocycles. The number of benzene rings is 1. The molecule has 0 amide bonds. The smallest absolute Gasteiger partial charge is 0.119 e. The van der Waals surface area contributed by atoms with Crippen LogP contribution in [-0.2, 0) is 4.74 Å². The fraction of sp³-hybridized carbons (Fsp3) is 0.462. The quantitative estimate of drug-likeness (QED) is 0.343. The van der Waals surface area contributed by atoms with Gasteiger partial charge in [-0.3, -0.25) is 0 Å². The second-order valence-electron chi connectivity index (χ2n) is 3.67. The molecule has 1 aromatic rings. The zero-order valence-corrected chi connectivity index (χ0v) is 10.3. The first-order chi connectivity index (χ1) is 8.27. The van der Waals surface area contributed by atoms with Crippen LogP contribution in [0.4, 0.5) is 0 Å². The largest absolute Gasteiger partial charge is 0.491 e. The fourth-order valence-electron chi connectivity index (χ4n) is 1.31. The van der Waals surface area contributed by atoms with Gasteiger partial charge in [-0.2, -0.15) is 0 Å². The Balaban J connectivity index is 2.35. The summed E-state index contributed by atoms with van der Waals surface area (Å²) in [5.41, 5.74) is 1.46. The Kier molecular flexibility index (Phi) is 6.10. The van der Waals surface area contributed by atoms with Crippen molar-refractivity contribution in [3.05, 3.63) is 29.8 Å². The van der Waals surface area contributed by atoms with Gasteiger partial charge in [0.2, 0.25) is 0 Å². The van der Waals surface area contributed by atoms with Crippen molar-refractivity contribution < 1.29 is 14.7 Å². The van der Waals surface area contributed by atoms with Crippen molar-refractivity contribution in [3.8, 4) is 5.75 Å². The highest BCUT2D eigenvalue weighted by Crippen LogP contribution is 2.12. The number of nitrogens with zero attached hydrogens (tertiary/aromatic N) is 1. The first-order valence-electron chi connectivity index (χ1n) is 5.77. The summed E-state index contributed by atoms with van der Waals surface area (Å²) in [6.07, 6.45) is 1.02. The van der Waals surface area contributed by atoms with E-state index in [4.69, 9.17) is 14.7 Å². The summed E-state index contributed by atoms with van der Waals surface area (Å²) in [6.45, 7) is 5.74. The highest BCUT2D eigenvalue weighted by molar-refractivity contribution is 5.98. The number of hydrogen-bond acceptors (Lipinski definition) is 4. The Morgan fingerprint density at radius 1 is 1.18 bits per heavy atom. The highest BCUT2D eigenvalue weighted by atomic mass is 16.5. The van der Waals surface area contributed by atoms with Crippen molar-refractivity contribution in [1.82, 2.24) is 0 Å². The molecule has 0 aromatic heterocycles. The van der Waals surface area contributed by atoms with Gasteiger partial charge in [-0.1, -0.05) is 12.1 Å². The Hall–Kier alpha value is -1.55. The standard InChI is InChI=1S/C13H19NO3/c1-3-8-16-9-10-17-13-6-4-12(5-7-13)11(2)14-15/h4-7,15H,3,8-10H2,1-2H3/b14-11+. The van der Waals surface area contributed by atoms with Crippen molar-refractivity contribution in [2.75, 3.05) is 19.8 Å². The summed E-state index contributed by atoms with van der Waals surface area (Å²) in [7, 11) is 0. The zero-order valence-electron chi connectivity index (χ0n) is 10.3. The average Bonchev–Trinajstić information content (AvgIpc) is 2.38. The van der Waals surface area contributed by atoms with Crippen LogP contribution in [0.2, 0.25) is 0 Å². The Bertz CT molecular complexity index is 346. The van der Waals surface area contributed by atoms with Gasteiger partial charge in [-0.15, -0.1) is 0 Å². The van der Waals surface area contributed by atoms with Crippen molar-refractivity contribution >= 4 is 5.71 Å². The minimum Gasteiger partial charge on any atom is -0.491 e. The second kappa shape index (κ2) is 7.68. The van der Waals surface area contributed by atoms with Crippen molar-refractivity contribution in [2.45, 2.75) is 20.3 Å². The zero-order chi connectivity index (χ0) is 12.5. The Morgan fingerprint density at radius 2 is 1.88 bits per heavy atom. The third-order valence-electron chi connectivity index (χ3n) is 2.27. The topological polar surface area (TPSA) is 51.0 Å². The molecule has 0 aliphatic rings. The first kappa shape index (κ1) is 13.5. The Labute approximate surface area is 102 Å². The van der Waals surface area contributed by atoms with Gasteiger partial charge in [0.15, 0.2) is 0 Å². The van der Waals surface area contributed by atoms with E-state index in [9.17, 15) is 0 Å². The van der Waals surface area contributed by atoms with Crippen LogP contribution in [0.25, 0.3) is 0 Å². The van der Waals surface area contributed by atoms with E-state index in [1.807, 2.05) is 24.3 Å². The van der Waals surface area contributed by atoms with Crippen LogP contribution < -0.4 is 4.74 Å². The molecule has 0 spiro atoms. The maximum Gasteiger partial charge on any atom is 0.119 e. The molecule has 4 nitrogen and oxygen atoms in total. The summed E-state index contributed by atoms with van der Waals surface area (Å²) < 4.78 is 10.8. The molecule has 0 heterocycles. The molecule has 0 radical (unpaired) electrons. The number of hydrogen-bond donors (Lipinski definition) is 1. The molecule has 0 saturated carbocycles. The summed E-state index contributed by atoms with van der Waals surface area (Å²) in [5.74, 6) is 0.791. The molecule has 0 bridgehead atoms. The van der Waals surface area contributed by atoms with Crippen LogP contribution in [-0.4, -0.2) is 30.7 Å². The van der Waals surface area contributed by atoms with Gasteiger partial charge in [0.25, 0.3) is 0 Å². The minimum absolute atomic E-state index is 0.548. The molecule has 0 aliphatic heterocycles. The molecule has 94 valence electrons. The highest BCUT2D eigenvalue weighted by Gasteiger charge is 1.98. The van der Waals surface area contributed by atoms with Crippen molar-refractivity contribution in [1.29, 1.82) is 0 Å². The van der Waals surface area contributed by atoms with Gasteiger partial charge in [0.05, 0.1) is 12.3 Å². The molecule has 17 heavy (non-hydrogen) atoms. The monoisotopic (exact) mass is 237 g/mol. The lowest BCUT2D eigenvalue weighted by Gasteiger charge is -2.07. The maximum atomic E-state index is 8.62. The van der Waals surface area contributed by atoms with Crippen LogP contribution >= 0.6 is 0 Å². The normalized spacial score (nSPS) is 11.5. The van der Waals surface area contributed by atoms with E-state index < -0.39 is 0 Å². The Morgan fingerprint density at radius 3 is 2.47 bits per heavy atom. The summed E-state index contributed by atoms with van der Waals surface area (Å²) >= 11 is 0. The van der Waals surface area contributed by atoms with Crippen LogP contribution in [0.15, 0.2) is 29.4 Å². The molecule has 0 aliphatic carbocycles. The third-order valence-corrected chi connectivity index (χ3v) is 2.27. The molecule has 0 saturated heterocycles. The molecule has 0 fully saturated rings.